The highest BCUT2D eigenvalue weighted by Gasteiger charge is 2.10. The van der Waals surface area contributed by atoms with Gasteiger partial charge < -0.3 is 14.8 Å². The summed E-state index contributed by atoms with van der Waals surface area (Å²) in [7, 11) is 0. The number of halogens is 1. The third-order valence-electron chi connectivity index (χ3n) is 3.52. The highest BCUT2D eigenvalue weighted by atomic mass is 35.5. The Kier molecular flexibility index (Phi) is 4.61. The molecule has 7 nitrogen and oxygen atoms in total. The van der Waals surface area contributed by atoms with Gasteiger partial charge in [-0.25, -0.2) is 4.98 Å². The van der Waals surface area contributed by atoms with Crippen molar-refractivity contribution in [1.29, 1.82) is 0 Å². The summed E-state index contributed by atoms with van der Waals surface area (Å²) in [5.74, 6) is 1.22. The maximum Gasteiger partial charge on any atom is 0.272 e. The molecule has 0 unspecified atom stereocenters. The number of nitrogen functional groups attached to an aromatic ring is 1. The van der Waals surface area contributed by atoms with Crippen LogP contribution in [-0.4, -0.2) is 19.7 Å². The van der Waals surface area contributed by atoms with Gasteiger partial charge in [0.05, 0.1) is 0 Å². The summed E-state index contributed by atoms with van der Waals surface area (Å²) in [5, 5.41) is 4.65. The average Bonchev–Trinajstić information content (AvgIpc) is 2.99. The van der Waals surface area contributed by atoms with E-state index in [1.54, 1.807) is 6.92 Å². The van der Waals surface area contributed by atoms with Crippen LogP contribution in [-0.2, 0) is 19.4 Å². The average molecular weight is 346 g/mol. The third kappa shape index (κ3) is 3.80. The molecule has 0 aliphatic carbocycles. The molecule has 0 atom stereocenters. The number of nitrogens with two attached hydrogens (primary N) is 1. The predicted molar refractivity (Wildman–Crippen MR) is 89.9 cm³/mol. The molecule has 8 heteroatoms. The maximum absolute atomic E-state index is 12.0. The van der Waals surface area contributed by atoms with Gasteiger partial charge in [-0.05, 0) is 31.0 Å². The fraction of sp³-hybridized carbons (Fsp3) is 0.250. The SMILES string of the molecule is Cc1nc(N)cn(Cc2nc(CCc3ccc(Cl)cc3)no2)c1=O. The Balaban J connectivity index is 1.67. The number of aryl methyl sites for hydroxylation is 3. The molecule has 2 N–H and O–H groups in total. The van der Waals surface area contributed by atoms with E-state index < -0.39 is 0 Å². The third-order valence-corrected chi connectivity index (χ3v) is 3.77. The first-order chi connectivity index (χ1) is 11.5. The highest BCUT2D eigenvalue weighted by molar-refractivity contribution is 6.30. The van der Waals surface area contributed by atoms with E-state index in [4.69, 9.17) is 21.9 Å². The molecule has 3 rings (SSSR count). The van der Waals surface area contributed by atoms with Crippen molar-refractivity contribution in [2.75, 3.05) is 5.73 Å². The molecule has 2 aromatic heterocycles. The minimum absolute atomic E-state index is 0.167. The van der Waals surface area contributed by atoms with Crippen LogP contribution in [0, 0.1) is 6.92 Å². The first kappa shape index (κ1) is 16.2. The summed E-state index contributed by atoms with van der Waals surface area (Å²) >= 11 is 5.86. The van der Waals surface area contributed by atoms with E-state index in [0.29, 0.717) is 28.9 Å². The van der Waals surface area contributed by atoms with Crippen LogP contribution in [0.4, 0.5) is 5.82 Å². The van der Waals surface area contributed by atoms with Gasteiger partial charge in [-0.2, -0.15) is 4.98 Å². The first-order valence-corrected chi connectivity index (χ1v) is 7.78. The first-order valence-electron chi connectivity index (χ1n) is 7.41. The minimum Gasteiger partial charge on any atom is -0.382 e. The van der Waals surface area contributed by atoms with Gasteiger partial charge in [-0.3, -0.25) is 4.79 Å². The van der Waals surface area contributed by atoms with E-state index in [1.165, 1.54) is 10.8 Å². The van der Waals surface area contributed by atoms with Gasteiger partial charge in [0.2, 0.25) is 5.89 Å². The summed E-state index contributed by atoms with van der Waals surface area (Å²) < 4.78 is 6.62. The number of aromatic nitrogens is 4. The Labute approximate surface area is 143 Å². The molecule has 0 spiro atoms. The standard InChI is InChI=1S/C16H16ClN5O2/c1-10-16(23)22(8-13(18)19-10)9-15-20-14(21-24-15)7-4-11-2-5-12(17)6-3-11/h2-3,5-6,8H,4,7,9,18H2,1H3. The smallest absolute Gasteiger partial charge is 0.272 e. The Morgan fingerprint density at radius 1 is 1.21 bits per heavy atom. The lowest BCUT2D eigenvalue weighted by atomic mass is 10.1. The second kappa shape index (κ2) is 6.84. The molecule has 0 aliphatic rings. The van der Waals surface area contributed by atoms with E-state index in [9.17, 15) is 4.79 Å². The van der Waals surface area contributed by atoms with Crippen LogP contribution in [0.2, 0.25) is 5.02 Å². The number of anilines is 1. The van der Waals surface area contributed by atoms with E-state index in [-0.39, 0.29) is 17.9 Å². The molecule has 2 heterocycles. The van der Waals surface area contributed by atoms with Gasteiger partial charge in [-0.1, -0.05) is 28.9 Å². The Morgan fingerprint density at radius 2 is 1.96 bits per heavy atom. The van der Waals surface area contributed by atoms with E-state index in [2.05, 4.69) is 15.1 Å². The molecule has 24 heavy (non-hydrogen) atoms. The largest absolute Gasteiger partial charge is 0.382 e. The van der Waals surface area contributed by atoms with Crippen molar-refractivity contribution in [2.45, 2.75) is 26.3 Å². The molecule has 1 aromatic carbocycles. The molecule has 0 bridgehead atoms. The molecule has 0 aliphatic heterocycles. The van der Waals surface area contributed by atoms with E-state index >= 15 is 0 Å². The monoisotopic (exact) mass is 345 g/mol. The molecule has 0 saturated heterocycles. The number of hydrogen-bond donors (Lipinski definition) is 1. The van der Waals surface area contributed by atoms with Gasteiger partial charge >= 0.3 is 0 Å². The summed E-state index contributed by atoms with van der Waals surface area (Å²) in [6, 6.07) is 7.62. The van der Waals surface area contributed by atoms with Crippen molar-refractivity contribution < 1.29 is 4.52 Å². The molecular weight excluding hydrogens is 330 g/mol. The summed E-state index contributed by atoms with van der Waals surface area (Å²) in [6.07, 6.45) is 2.88. The van der Waals surface area contributed by atoms with Crippen LogP contribution in [0.1, 0.15) is 23.0 Å². The molecular formula is C16H16ClN5O2. The van der Waals surface area contributed by atoms with Crippen LogP contribution in [0.15, 0.2) is 39.8 Å². The molecule has 0 saturated carbocycles. The predicted octanol–water partition coefficient (Wildman–Crippen LogP) is 2.00. The summed E-state index contributed by atoms with van der Waals surface area (Å²) in [6.45, 7) is 1.78. The van der Waals surface area contributed by atoms with Crippen LogP contribution in [0.25, 0.3) is 0 Å². The second-order valence-corrected chi connectivity index (χ2v) is 5.85. The van der Waals surface area contributed by atoms with Crippen molar-refractivity contribution >= 4 is 17.4 Å². The van der Waals surface area contributed by atoms with Crippen molar-refractivity contribution in [3.8, 4) is 0 Å². The van der Waals surface area contributed by atoms with Gasteiger partial charge in [0, 0.05) is 17.6 Å². The number of benzene rings is 1. The zero-order valence-corrected chi connectivity index (χ0v) is 13.8. The lowest BCUT2D eigenvalue weighted by Gasteiger charge is -2.04. The highest BCUT2D eigenvalue weighted by Crippen LogP contribution is 2.11. The quantitative estimate of drug-likeness (QED) is 0.759. The molecule has 0 fully saturated rings. The van der Waals surface area contributed by atoms with Crippen molar-refractivity contribution in [3.05, 3.63) is 68.8 Å². The van der Waals surface area contributed by atoms with Crippen LogP contribution in [0.3, 0.4) is 0 Å². The summed E-state index contributed by atoms with van der Waals surface area (Å²) in [5.41, 5.74) is 6.90. The summed E-state index contributed by atoms with van der Waals surface area (Å²) in [4.78, 5) is 20.2. The minimum atomic E-state index is -0.231. The van der Waals surface area contributed by atoms with Crippen molar-refractivity contribution in [3.63, 3.8) is 0 Å². The molecule has 3 aromatic rings. The van der Waals surface area contributed by atoms with Gasteiger partial charge in [-0.15, -0.1) is 0 Å². The second-order valence-electron chi connectivity index (χ2n) is 5.42. The van der Waals surface area contributed by atoms with Gasteiger partial charge in [0.1, 0.15) is 18.1 Å². The number of hydrogen-bond acceptors (Lipinski definition) is 6. The van der Waals surface area contributed by atoms with Crippen molar-refractivity contribution in [2.24, 2.45) is 0 Å². The molecule has 124 valence electrons. The Hall–Kier alpha value is -2.67. The van der Waals surface area contributed by atoms with Gasteiger partial charge in [0.25, 0.3) is 5.56 Å². The zero-order chi connectivity index (χ0) is 17.1. The molecule has 0 radical (unpaired) electrons. The van der Waals surface area contributed by atoms with Crippen molar-refractivity contribution in [1.82, 2.24) is 19.7 Å². The van der Waals surface area contributed by atoms with Crippen LogP contribution in [0.5, 0.6) is 0 Å². The lowest BCUT2D eigenvalue weighted by molar-refractivity contribution is 0.364. The number of nitrogens with zero attached hydrogens (tertiary/aromatic N) is 4. The lowest BCUT2D eigenvalue weighted by Crippen LogP contribution is -2.24. The van der Waals surface area contributed by atoms with Crippen LogP contribution < -0.4 is 11.3 Å². The fourth-order valence-electron chi connectivity index (χ4n) is 2.32. The normalized spacial score (nSPS) is 10.9. The maximum atomic E-state index is 12.0. The fourth-order valence-corrected chi connectivity index (χ4v) is 2.45. The topological polar surface area (TPSA) is 99.8 Å². The molecule has 0 amide bonds. The zero-order valence-electron chi connectivity index (χ0n) is 13.1. The Morgan fingerprint density at radius 3 is 2.71 bits per heavy atom. The van der Waals surface area contributed by atoms with Crippen LogP contribution >= 0.6 is 11.6 Å². The van der Waals surface area contributed by atoms with Gasteiger partial charge in [0.15, 0.2) is 5.82 Å². The number of rotatable bonds is 5. The van der Waals surface area contributed by atoms with E-state index in [0.717, 1.165) is 12.0 Å². The Bertz CT molecular complexity index is 902. The van der Waals surface area contributed by atoms with E-state index in [1.807, 2.05) is 24.3 Å².